The summed E-state index contributed by atoms with van der Waals surface area (Å²) in [5.74, 6) is -0.258. The minimum atomic E-state index is -0.258. The minimum absolute atomic E-state index is 0.258. The van der Waals surface area contributed by atoms with Gasteiger partial charge in [0.05, 0.1) is 24.1 Å². The number of halogens is 1. The highest BCUT2D eigenvalue weighted by atomic mass is 35.5. The number of fused-ring (bicyclic) bond motifs is 1. The van der Waals surface area contributed by atoms with Crippen LogP contribution in [-0.4, -0.2) is 18.1 Å². The van der Waals surface area contributed by atoms with Gasteiger partial charge in [-0.2, -0.15) is 0 Å². The highest BCUT2D eigenvalue weighted by molar-refractivity contribution is 6.35. The molecule has 0 aliphatic heterocycles. The molecule has 2 aromatic rings. The molecule has 0 amide bonds. The van der Waals surface area contributed by atoms with Gasteiger partial charge in [-0.25, -0.2) is 0 Å². The van der Waals surface area contributed by atoms with E-state index in [0.29, 0.717) is 5.02 Å². The number of hydrogen-bond acceptors (Lipinski definition) is 3. The van der Waals surface area contributed by atoms with Crippen molar-refractivity contribution < 1.29 is 9.53 Å². The Hall–Kier alpha value is -1.87. The number of rotatable bonds is 3. The van der Waals surface area contributed by atoms with Crippen LogP contribution in [0.5, 0.6) is 0 Å². The van der Waals surface area contributed by atoms with E-state index >= 15 is 0 Å². The van der Waals surface area contributed by atoms with Crippen LogP contribution < -0.4 is 0 Å². The van der Waals surface area contributed by atoms with E-state index in [2.05, 4.69) is 9.72 Å². The lowest BCUT2D eigenvalue weighted by molar-refractivity contribution is -0.139. The van der Waals surface area contributed by atoms with Crippen molar-refractivity contribution in [3.8, 4) is 0 Å². The fourth-order valence-electron chi connectivity index (χ4n) is 1.61. The number of nitrogens with zero attached hydrogens (tertiary/aromatic N) is 1. The molecule has 1 heterocycles. The average Bonchev–Trinajstić information content (AvgIpc) is 2.39. The van der Waals surface area contributed by atoms with Crippen molar-refractivity contribution in [1.82, 2.24) is 4.98 Å². The largest absolute Gasteiger partial charge is 0.469 e. The lowest BCUT2D eigenvalue weighted by Crippen LogP contribution is -1.96. The molecule has 0 saturated carbocycles. The Morgan fingerprint density at radius 3 is 3.06 bits per heavy atom. The first-order valence-electron chi connectivity index (χ1n) is 5.48. The highest BCUT2D eigenvalue weighted by Crippen LogP contribution is 2.22. The zero-order chi connectivity index (χ0) is 13.0. The Bertz CT molecular complexity index is 608. The number of hydrogen-bond donors (Lipinski definition) is 0. The van der Waals surface area contributed by atoms with Crippen LogP contribution in [0.25, 0.3) is 17.0 Å². The standard InChI is InChI=1S/C14H12ClNO2/c1-18-14(17)4-2-3-10-5-6-13-11(9-10)12(15)7-8-16-13/h2-3,5-9H,4H2,1H3. The molecule has 4 heteroatoms. The summed E-state index contributed by atoms with van der Waals surface area (Å²) in [7, 11) is 1.37. The number of esters is 1. The molecule has 1 aromatic heterocycles. The van der Waals surface area contributed by atoms with Crippen molar-refractivity contribution in [1.29, 1.82) is 0 Å². The van der Waals surface area contributed by atoms with Gasteiger partial charge in [0, 0.05) is 11.6 Å². The third kappa shape index (κ3) is 2.87. The summed E-state index contributed by atoms with van der Waals surface area (Å²) in [6.45, 7) is 0. The Morgan fingerprint density at radius 1 is 1.44 bits per heavy atom. The first-order chi connectivity index (χ1) is 8.70. The lowest BCUT2D eigenvalue weighted by Gasteiger charge is -2.01. The molecule has 0 bridgehead atoms. The van der Waals surface area contributed by atoms with Crippen LogP contribution >= 0.6 is 11.6 Å². The predicted octanol–water partition coefficient (Wildman–Crippen LogP) is 3.46. The number of aromatic nitrogens is 1. The number of carbonyl (C=O) groups is 1. The van der Waals surface area contributed by atoms with E-state index in [-0.39, 0.29) is 12.4 Å². The van der Waals surface area contributed by atoms with Gasteiger partial charge >= 0.3 is 5.97 Å². The smallest absolute Gasteiger partial charge is 0.309 e. The molecule has 0 spiro atoms. The number of ether oxygens (including phenoxy) is 1. The Morgan fingerprint density at radius 2 is 2.28 bits per heavy atom. The molecule has 0 aliphatic carbocycles. The van der Waals surface area contributed by atoms with Crippen LogP contribution in [0.1, 0.15) is 12.0 Å². The molecular weight excluding hydrogens is 250 g/mol. The zero-order valence-electron chi connectivity index (χ0n) is 9.89. The van der Waals surface area contributed by atoms with Crippen LogP contribution in [0.15, 0.2) is 36.5 Å². The summed E-state index contributed by atoms with van der Waals surface area (Å²) in [6.07, 6.45) is 5.56. The predicted molar refractivity (Wildman–Crippen MR) is 72.4 cm³/mol. The minimum Gasteiger partial charge on any atom is -0.469 e. The van der Waals surface area contributed by atoms with Crippen molar-refractivity contribution >= 4 is 34.5 Å². The van der Waals surface area contributed by atoms with Gasteiger partial charge in [0.25, 0.3) is 0 Å². The maximum Gasteiger partial charge on any atom is 0.309 e. The fourth-order valence-corrected chi connectivity index (χ4v) is 1.82. The molecule has 0 radical (unpaired) electrons. The molecule has 18 heavy (non-hydrogen) atoms. The first-order valence-corrected chi connectivity index (χ1v) is 5.86. The van der Waals surface area contributed by atoms with Crippen LogP contribution in [-0.2, 0) is 9.53 Å². The van der Waals surface area contributed by atoms with Crippen molar-refractivity contribution in [2.75, 3.05) is 7.11 Å². The van der Waals surface area contributed by atoms with Crippen LogP contribution in [0.3, 0.4) is 0 Å². The molecule has 92 valence electrons. The quantitative estimate of drug-likeness (QED) is 0.794. The SMILES string of the molecule is COC(=O)CC=Cc1ccc2nccc(Cl)c2c1. The monoisotopic (exact) mass is 261 g/mol. The van der Waals surface area contributed by atoms with Crippen LogP contribution in [0, 0.1) is 0 Å². The van der Waals surface area contributed by atoms with Gasteiger partial charge in [0.1, 0.15) is 0 Å². The molecular formula is C14H12ClNO2. The van der Waals surface area contributed by atoms with E-state index in [1.54, 1.807) is 18.3 Å². The van der Waals surface area contributed by atoms with Crippen molar-refractivity contribution in [3.63, 3.8) is 0 Å². The molecule has 3 nitrogen and oxygen atoms in total. The molecule has 0 fully saturated rings. The van der Waals surface area contributed by atoms with Gasteiger partial charge in [-0.3, -0.25) is 9.78 Å². The van der Waals surface area contributed by atoms with E-state index < -0.39 is 0 Å². The van der Waals surface area contributed by atoms with Gasteiger partial charge in [0.2, 0.25) is 0 Å². The summed E-state index contributed by atoms with van der Waals surface area (Å²) >= 11 is 6.10. The van der Waals surface area contributed by atoms with E-state index in [0.717, 1.165) is 16.5 Å². The molecule has 0 atom stereocenters. The number of carbonyl (C=O) groups excluding carboxylic acids is 1. The molecule has 0 aliphatic rings. The van der Waals surface area contributed by atoms with Gasteiger partial charge < -0.3 is 4.74 Å². The molecule has 1 aromatic carbocycles. The Labute approximate surface area is 110 Å². The summed E-state index contributed by atoms with van der Waals surface area (Å²) in [5, 5.41) is 1.57. The summed E-state index contributed by atoms with van der Waals surface area (Å²) in [6, 6.07) is 7.53. The van der Waals surface area contributed by atoms with Crippen molar-refractivity contribution in [2.24, 2.45) is 0 Å². The summed E-state index contributed by atoms with van der Waals surface area (Å²) in [5.41, 5.74) is 1.83. The third-order valence-electron chi connectivity index (χ3n) is 2.53. The van der Waals surface area contributed by atoms with E-state index in [1.165, 1.54) is 7.11 Å². The second kappa shape index (κ2) is 5.65. The second-order valence-electron chi connectivity index (χ2n) is 3.75. The highest BCUT2D eigenvalue weighted by Gasteiger charge is 2.00. The number of pyridine rings is 1. The second-order valence-corrected chi connectivity index (χ2v) is 4.16. The van der Waals surface area contributed by atoms with Crippen molar-refractivity contribution in [2.45, 2.75) is 6.42 Å². The maximum atomic E-state index is 11.0. The van der Waals surface area contributed by atoms with Crippen LogP contribution in [0.4, 0.5) is 0 Å². The lowest BCUT2D eigenvalue weighted by atomic mass is 10.1. The Kier molecular flexibility index (Phi) is 3.95. The molecule has 0 N–H and O–H groups in total. The van der Waals surface area contributed by atoms with E-state index in [1.807, 2.05) is 24.3 Å². The molecule has 0 saturated heterocycles. The summed E-state index contributed by atoms with van der Waals surface area (Å²) < 4.78 is 4.56. The van der Waals surface area contributed by atoms with Crippen molar-refractivity contribution in [3.05, 3.63) is 47.1 Å². The maximum absolute atomic E-state index is 11.0. The zero-order valence-corrected chi connectivity index (χ0v) is 10.6. The number of methoxy groups -OCH3 is 1. The summed E-state index contributed by atoms with van der Waals surface area (Å²) in [4.78, 5) is 15.2. The van der Waals surface area contributed by atoms with Gasteiger partial charge in [-0.05, 0) is 23.8 Å². The van der Waals surface area contributed by atoms with E-state index in [4.69, 9.17) is 11.6 Å². The number of benzene rings is 1. The van der Waals surface area contributed by atoms with E-state index in [9.17, 15) is 4.79 Å². The van der Waals surface area contributed by atoms with Gasteiger partial charge in [0.15, 0.2) is 0 Å². The molecule has 0 unspecified atom stereocenters. The third-order valence-corrected chi connectivity index (χ3v) is 2.86. The van der Waals surface area contributed by atoms with Crippen LogP contribution in [0.2, 0.25) is 5.02 Å². The van der Waals surface area contributed by atoms with Gasteiger partial charge in [-0.15, -0.1) is 0 Å². The normalized spacial score (nSPS) is 11.0. The molecule has 2 rings (SSSR count). The average molecular weight is 262 g/mol. The Balaban J connectivity index is 2.25. The van der Waals surface area contributed by atoms with Gasteiger partial charge in [-0.1, -0.05) is 29.8 Å². The fraction of sp³-hybridized carbons (Fsp3) is 0.143. The topological polar surface area (TPSA) is 39.2 Å². The first kappa shape index (κ1) is 12.6.